The Bertz CT molecular complexity index is 1420. The van der Waals surface area contributed by atoms with Gasteiger partial charge < -0.3 is 14.5 Å². The molecule has 0 atom stereocenters. The van der Waals surface area contributed by atoms with Crippen molar-refractivity contribution in [2.24, 2.45) is 5.92 Å². The number of nitrogens with zero attached hydrogens (tertiary/aromatic N) is 6. The molecule has 2 aromatic heterocycles. The van der Waals surface area contributed by atoms with Crippen molar-refractivity contribution in [3.8, 4) is 5.13 Å². The molecule has 1 N–H and O–H groups in total. The molecule has 2 aliphatic rings. The number of fused-ring (bicyclic) bond motifs is 1. The molecule has 0 radical (unpaired) electrons. The van der Waals surface area contributed by atoms with Gasteiger partial charge in [0.05, 0.1) is 35.4 Å². The fraction of sp³-hybridized carbons (Fsp3) is 0.478. The minimum absolute atomic E-state index is 0.0646. The van der Waals surface area contributed by atoms with E-state index in [2.05, 4.69) is 31.5 Å². The number of nitrogens with one attached hydrogen (secondary N) is 1. The number of carbonyl (C=O) groups is 1. The van der Waals surface area contributed by atoms with Crippen molar-refractivity contribution in [1.82, 2.24) is 29.6 Å². The SMILES string of the molecule is C=Cc1nnc(-n2ncc3c(N4CCN(C(=O)C(C)C)CC4)cc(S(=O)(=O)NC4(C)COC4)cc32)s1. The summed E-state index contributed by atoms with van der Waals surface area (Å²) >= 11 is 1.31. The van der Waals surface area contributed by atoms with E-state index < -0.39 is 15.6 Å². The van der Waals surface area contributed by atoms with Crippen LogP contribution in [-0.2, 0) is 19.6 Å². The summed E-state index contributed by atoms with van der Waals surface area (Å²) in [4.78, 5) is 16.6. The average molecular weight is 532 g/mol. The van der Waals surface area contributed by atoms with Crippen LogP contribution in [0.5, 0.6) is 0 Å². The summed E-state index contributed by atoms with van der Waals surface area (Å²) in [5.41, 5.74) is 0.712. The topological polar surface area (TPSA) is 123 Å². The van der Waals surface area contributed by atoms with Crippen LogP contribution in [0.4, 0.5) is 5.69 Å². The molecule has 1 aromatic carbocycles. The zero-order valence-electron chi connectivity index (χ0n) is 20.5. The number of rotatable bonds is 7. The normalized spacial score (nSPS) is 18.0. The van der Waals surface area contributed by atoms with E-state index in [4.69, 9.17) is 4.74 Å². The highest BCUT2D eigenvalue weighted by Crippen LogP contribution is 2.34. The van der Waals surface area contributed by atoms with Gasteiger partial charge in [-0.1, -0.05) is 31.8 Å². The van der Waals surface area contributed by atoms with Crippen molar-refractivity contribution in [3.63, 3.8) is 0 Å². The van der Waals surface area contributed by atoms with Gasteiger partial charge in [0.2, 0.25) is 21.1 Å². The van der Waals surface area contributed by atoms with Crippen LogP contribution in [0.1, 0.15) is 25.8 Å². The first-order chi connectivity index (χ1) is 17.1. The molecule has 0 aliphatic carbocycles. The number of sulfonamides is 1. The van der Waals surface area contributed by atoms with E-state index in [1.165, 1.54) is 11.3 Å². The van der Waals surface area contributed by atoms with Crippen LogP contribution >= 0.6 is 11.3 Å². The van der Waals surface area contributed by atoms with E-state index >= 15 is 0 Å². The molecular weight excluding hydrogens is 502 g/mol. The fourth-order valence-corrected chi connectivity index (χ4v) is 6.51. The number of ether oxygens (including phenoxy) is 1. The molecular formula is C23H29N7O4S2. The molecule has 0 unspecified atom stereocenters. The second-order valence-electron chi connectivity index (χ2n) is 9.68. The van der Waals surface area contributed by atoms with Crippen LogP contribution in [0, 0.1) is 5.92 Å². The summed E-state index contributed by atoms with van der Waals surface area (Å²) in [6, 6.07) is 3.30. The van der Waals surface area contributed by atoms with Gasteiger partial charge in [0.25, 0.3) is 0 Å². The molecule has 11 nitrogen and oxygen atoms in total. The zero-order chi connectivity index (χ0) is 25.7. The third-order valence-electron chi connectivity index (χ3n) is 6.38. The minimum atomic E-state index is -3.85. The Morgan fingerprint density at radius 2 is 1.94 bits per heavy atom. The third kappa shape index (κ3) is 4.51. The van der Waals surface area contributed by atoms with Gasteiger partial charge >= 0.3 is 0 Å². The summed E-state index contributed by atoms with van der Waals surface area (Å²) in [6.07, 6.45) is 3.33. The van der Waals surface area contributed by atoms with E-state index in [1.807, 2.05) is 25.7 Å². The second-order valence-corrected chi connectivity index (χ2v) is 12.4. The van der Waals surface area contributed by atoms with Crippen molar-refractivity contribution < 1.29 is 17.9 Å². The number of anilines is 1. The van der Waals surface area contributed by atoms with Crippen molar-refractivity contribution in [1.29, 1.82) is 0 Å². The maximum atomic E-state index is 13.4. The van der Waals surface area contributed by atoms with Gasteiger partial charge in [0.1, 0.15) is 5.01 Å². The lowest BCUT2D eigenvalue weighted by Gasteiger charge is -2.38. The Morgan fingerprint density at radius 3 is 2.53 bits per heavy atom. The number of amides is 1. The molecule has 0 bridgehead atoms. The summed E-state index contributed by atoms with van der Waals surface area (Å²) in [5.74, 6) is 0.0589. The monoisotopic (exact) mass is 531 g/mol. The van der Waals surface area contributed by atoms with Gasteiger partial charge in [-0.05, 0) is 25.1 Å². The van der Waals surface area contributed by atoms with Crippen LogP contribution in [0.15, 0.2) is 29.8 Å². The maximum Gasteiger partial charge on any atom is 0.241 e. The van der Waals surface area contributed by atoms with Gasteiger partial charge in [0.15, 0.2) is 0 Å². The lowest BCUT2D eigenvalue weighted by molar-refractivity contribution is -0.134. The predicted molar refractivity (Wildman–Crippen MR) is 138 cm³/mol. The van der Waals surface area contributed by atoms with Crippen molar-refractivity contribution in [2.45, 2.75) is 31.2 Å². The molecule has 0 saturated carbocycles. The van der Waals surface area contributed by atoms with Crippen LogP contribution < -0.4 is 9.62 Å². The predicted octanol–water partition coefficient (Wildman–Crippen LogP) is 1.89. The Hall–Kier alpha value is -2.87. The van der Waals surface area contributed by atoms with Gasteiger partial charge in [0, 0.05) is 43.2 Å². The molecule has 192 valence electrons. The third-order valence-corrected chi connectivity index (χ3v) is 8.90. The largest absolute Gasteiger partial charge is 0.377 e. The van der Waals surface area contributed by atoms with Gasteiger partial charge in [-0.3, -0.25) is 4.79 Å². The first kappa shape index (κ1) is 24.8. The summed E-state index contributed by atoms with van der Waals surface area (Å²) in [7, 11) is -3.85. The molecule has 36 heavy (non-hydrogen) atoms. The number of benzene rings is 1. The van der Waals surface area contributed by atoms with Crippen LogP contribution in [-0.4, -0.2) is 84.1 Å². The quantitative estimate of drug-likeness (QED) is 0.491. The lowest BCUT2D eigenvalue weighted by Crippen LogP contribution is -2.59. The molecule has 0 spiro atoms. The number of piperazine rings is 1. The smallest absolute Gasteiger partial charge is 0.241 e. The van der Waals surface area contributed by atoms with Crippen LogP contribution in [0.3, 0.4) is 0 Å². The second kappa shape index (κ2) is 9.21. The molecule has 2 fully saturated rings. The number of hydrogen-bond acceptors (Lipinski definition) is 9. The molecule has 3 aromatic rings. The first-order valence-electron chi connectivity index (χ1n) is 11.7. The Balaban J connectivity index is 1.57. The molecule has 2 saturated heterocycles. The van der Waals surface area contributed by atoms with E-state index in [9.17, 15) is 13.2 Å². The first-order valence-corrected chi connectivity index (χ1v) is 14.0. The van der Waals surface area contributed by atoms with Gasteiger partial charge in [-0.25, -0.2) is 17.8 Å². The van der Waals surface area contributed by atoms with Crippen molar-refractivity contribution >= 4 is 49.9 Å². The summed E-state index contributed by atoms with van der Waals surface area (Å²) < 4.78 is 36.5. The van der Waals surface area contributed by atoms with E-state index in [-0.39, 0.29) is 16.7 Å². The Labute approximate surface area is 213 Å². The Kier molecular flexibility index (Phi) is 6.35. The van der Waals surface area contributed by atoms with E-state index in [1.54, 1.807) is 29.1 Å². The summed E-state index contributed by atoms with van der Waals surface area (Å²) in [5, 5.41) is 14.8. The Morgan fingerprint density at radius 1 is 1.22 bits per heavy atom. The summed E-state index contributed by atoms with van der Waals surface area (Å²) in [6.45, 7) is 12.3. The minimum Gasteiger partial charge on any atom is -0.377 e. The number of hydrogen-bond donors (Lipinski definition) is 1. The van der Waals surface area contributed by atoms with Crippen LogP contribution in [0.2, 0.25) is 0 Å². The lowest BCUT2D eigenvalue weighted by atomic mass is 10.0. The maximum absolute atomic E-state index is 13.4. The van der Waals surface area contributed by atoms with Gasteiger partial charge in [-0.2, -0.15) is 5.10 Å². The van der Waals surface area contributed by atoms with Crippen molar-refractivity contribution in [2.75, 3.05) is 44.3 Å². The molecule has 4 heterocycles. The fourth-order valence-electron chi connectivity index (χ4n) is 4.43. The molecule has 2 aliphatic heterocycles. The zero-order valence-corrected chi connectivity index (χ0v) is 22.1. The molecule has 13 heteroatoms. The highest BCUT2D eigenvalue weighted by atomic mass is 32.2. The average Bonchev–Trinajstić information content (AvgIpc) is 3.48. The number of carbonyl (C=O) groups excluding carboxylic acids is 1. The number of aromatic nitrogens is 4. The van der Waals surface area contributed by atoms with Crippen molar-refractivity contribution in [3.05, 3.63) is 29.9 Å². The van der Waals surface area contributed by atoms with Crippen LogP contribution in [0.25, 0.3) is 22.1 Å². The van der Waals surface area contributed by atoms with E-state index in [0.29, 0.717) is 55.0 Å². The highest BCUT2D eigenvalue weighted by Gasteiger charge is 2.38. The standard InChI is InChI=1S/C23H29N7O4S2/c1-5-20-25-26-22(35-20)30-19-11-16(36(32,33)27-23(4)13-34-14-23)10-18(17(19)12-24-30)28-6-8-29(9-7-28)21(31)15(2)3/h5,10-12,15,27H,1,6-9,13-14H2,2-4H3. The van der Waals surface area contributed by atoms with E-state index in [0.717, 1.165) is 11.1 Å². The molecule has 1 amide bonds. The van der Waals surface area contributed by atoms with Gasteiger partial charge in [-0.15, -0.1) is 10.2 Å². The highest BCUT2D eigenvalue weighted by molar-refractivity contribution is 7.89. The molecule has 5 rings (SSSR count).